The van der Waals surface area contributed by atoms with Crippen LogP contribution in [-0.4, -0.2) is 23.9 Å². The fourth-order valence-electron chi connectivity index (χ4n) is 1.27. The maximum atomic E-state index is 13.6. The minimum Gasteiger partial charge on any atom is -0.316 e. The van der Waals surface area contributed by atoms with Crippen LogP contribution in [0.25, 0.3) is 0 Å². The van der Waals surface area contributed by atoms with Crippen molar-refractivity contribution in [3.63, 3.8) is 0 Å². The second kappa shape index (κ2) is 5.19. The van der Waals surface area contributed by atoms with E-state index in [4.69, 9.17) is 5.14 Å². The van der Waals surface area contributed by atoms with Crippen molar-refractivity contribution in [3.8, 4) is 0 Å². The number of primary sulfonamides is 1. The zero-order valence-corrected chi connectivity index (χ0v) is 11.1. The van der Waals surface area contributed by atoms with E-state index in [0.29, 0.717) is 12.1 Å². The van der Waals surface area contributed by atoms with Gasteiger partial charge in [0.05, 0.1) is 4.90 Å². The van der Waals surface area contributed by atoms with E-state index in [1.54, 1.807) is 0 Å². The van der Waals surface area contributed by atoms with Gasteiger partial charge >= 0.3 is 0 Å². The van der Waals surface area contributed by atoms with E-state index in [1.165, 1.54) is 5.38 Å². The first-order chi connectivity index (χ1) is 9.29. The monoisotopic (exact) mass is 320 g/mol. The SMILES string of the molecule is NS(=O)(=O)c1cc(F)c(NC(=O)c2csnn2)c(F)c1. The summed E-state index contributed by atoms with van der Waals surface area (Å²) in [5.41, 5.74) is -0.917. The molecular formula is C9H6F2N4O3S2. The highest BCUT2D eigenvalue weighted by atomic mass is 32.2. The maximum Gasteiger partial charge on any atom is 0.277 e. The Kier molecular flexibility index (Phi) is 3.74. The van der Waals surface area contributed by atoms with Gasteiger partial charge in [-0.3, -0.25) is 4.79 Å². The summed E-state index contributed by atoms with van der Waals surface area (Å²) in [5, 5.41) is 11.4. The summed E-state index contributed by atoms with van der Waals surface area (Å²) < 4.78 is 52.7. The molecule has 0 aliphatic heterocycles. The summed E-state index contributed by atoms with van der Waals surface area (Å²) in [6.07, 6.45) is 0. The van der Waals surface area contributed by atoms with Gasteiger partial charge in [0.25, 0.3) is 5.91 Å². The van der Waals surface area contributed by atoms with E-state index in [-0.39, 0.29) is 5.69 Å². The molecule has 106 valence electrons. The van der Waals surface area contributed by atoms with E-state index in [2.05, 4.69) is 9.59 Å². The van der Waals surface area contributed by atoms with Gasteiger partial charge in [0.15, 0.2) is 17.3 Å². The molecule has 0 radical (unpaired) electrons. The number of benzene rings is 1. The van der Waals surface area contributed by atoms with Crippen molar-refractivity contribution in [1.82, 2.24) is 9.59 Å². The fourth-order valence-corrected chi connectivity index (χ4v) is 2.25. The zero-order valence-electron chi connectivity index (χ0n) is 9.50. The Balaban J connectivity index is 2.37. The van der Waals surface area contributed by atoms with Gasteiger partial charge in [0.2, 0.25) is 10.0 Å². The Morgan fingerprint density at radius 2 is 1.90 bits per heavy atom. The molecule has 2 aromatic rings. The van der Waals surface area contributed by atoms with E-state index < -0.39 is 38.1 Å². The molecular weight excluding hydrogens is 314 g/mol. The van der Waals surface area contributed by atoms with Gasteiger partial charge in [-0.05, 0) is 23.7 Å². The van der Waals surface area contributed by atoms with Crippen molar-refractivity contribution >= 4 is 33.2 Å². The van der Waals surface area contributed by atoms with Crippen LogP contribution < -0.4 is 10.5 Å². The average molecular weight is 320 g/mol. The quantitative estimate of drug-likeness (QED) is 0.864. The molecule has 1 aromatic carbocycles. The van der Waals surface area contributed by atoms with Crippen LogP contribution in [0.3, 0.4) is 0 Å². The van der Waals surface area contributed by atoms with Gasteiger partial charge in [0.1, 0.15) is 5.69 Å². The van der Waals surface area contributed by atoms with Crippen LogP contribution in [0, 0.1) is 11.6 Å². The summed E-state index contributed by atoms with van der Waals surface area (Å²) in [6, 6.07) is 1.01. The number of nitrogens with zero attached hydrogens (tertiary/aromatic N) is 2. The molecule has 11 heteroatoms. The molecule has 3 N–H and O–H groups in total. The molecule has 0 atom stereocenters. The lowest BCUT2D eigenvalue weighted by Gasteiger charge is -2.07. The number of nitrogens with two attached hydrogens (primary N) is 1. The molecule has 20 heavy (non-hydrogen) atoms. The van der Waals surface area contributed by atoms with Crippen LogP contribution in [0.15, 0.2) is 22.4 Å². The lowest BCUT2D eigenvalue weighted by Crippen LogP contribution is -2.17. The summed E-state index contributed by atoms with van der Waals surface area (Å²) in [5.74, 6) is -3.42. The Hall–Kier alpha value is -1.98. The molecule has 0 spiro atoms. The number of amides is 1. The molecule has 7 nitrogen and oxygen atoms in total. The van der Waals surface area contributed by atoms with E-state index in [0.717, 1.165) is 11.5 Å². The van der Waals surface area contributed by atoms with Crippen LogP contribution in [0.5, 0.6) is 0 Å². The van der Waals surface area contributed by atoms with Gasteiger partial charge in [-0.2, -0.15) is 0 Å². The number of aromatic nitrogens is 2. The van der Waals surface area contributed by atoms with Gasteiger partial charge in [0, 0.05) is 5.38 Å². The Morgan fingerprint density at radius 3 is 2.35 bits per heavy atom. The van der Waals surface area contributed by atoms with Gasteiger partial charge < -0.3 is 5.32 Å². The van der Waals surface area contributed by atoms with Crippen molar-refractivity contribution < 1.29 is 22.0 Å². The molecule has 0 unspecified atom stereocenters. The number of rotatable bonds is 3. The number of carbonyl (C=O) groups excluding carboxylic acids is 1. The number of carbonyl (C=O) groups is 1. The third-order valence-corrected chi connectivity index (χ3v) is 3.57. The lowest BCUT2D eigenvalue weighted by molar-refractivity contribution is 0.102. The molecule has 0 saturated carbocycles. The number of hydrogen-bond donors (Lipinski definition) is 2. The molecule has 1 aromatic heterocycles. The van der Waals surface area contributed by atoms with Crippen molar-refractivity contribution in [2.75, 3.05) is 5.32 Å². The summed E-state index contributed by atoms with van der Waals surface area (Å²) >= 11 is 0.887. The molecule has 2 rings (SSSR count). The van der Waals surface area contributed by atoms with E-state index in [9.17, 15) is 22.0 Å². The Labute approximate surface area is 115 Å². The third-order valence-electron chi connectivity index (χ3n) is 2.18. The standard InChI is InChI=1S/C9H6F2N4O3S2/c10-5-1-4(20(12,17)18)2-6(11)8(5)13-9(16)7-3-19-15-14-7/h1-3H,(H,13,16)(H2,12,17,18). The Morgan fingerprint density at radius 1 is 1.30 bits per heavy atom. The van der Waals surface area contributed by atoms with Crippen molar-refractivity contribution in [1.29, 1.82) is 0 Å². The first-order valence-corrected chi connectivity index (χ1v) is 7.27. The molecule has 0 aliphatic carbocycles. The highest BCUT2D eigenvalue weighted by molar-refractivity contribution is 7.89. The van der Waals surface area contributed by atoms with E-state index in [1.807, 2.05) is 5.32 Å². The molecule has 0 fully saturated rings. The molecule has 0 saturated heterocycles. The summed E-state index contributed by atoms with van der Waals surface area (Å²) in [6.45, 7) is 0. The second-order valence-electron chi connectivity index (χ2n) is 3.55. The topological polar surface area (TPSA) is 115 Å². The van der Waals surface area contributed by atoms with Crippen LogP contribution >= 0.6 is 11.5 Å². The van der Waals surface area contributed by atoms with E-state index >= 15 is 0 Å². The smallest absolute Gasteiger partial charge is 0.277 e. The highest BCUT2D eigenvalue weighted by Gasteiger charge is 2.19. The molecule has 1 heterocycles. The largest absolute Gasteiger partial charge is 0.316 e. The van der Waals surface area contributed by atoms with Crippen molar-refractivity contribution in [2.45, 2.75) is 4.90 Å². The molecule has 0 aliphatic rings. The summed E-state index contributed by atoms with van der Waals surface area (Å²) in [7, 11) is -4.25. The first-order valence-electron chi connectivity index (χ1n) is 4.89. The van der Waals surface area contributed by atoms with Gasteiger partial charge in [-0.25, -0.2) is 22.3 Å². The van der Waals surface area contributed by atoms with Crippen LogP contribution in [0.1, 0.15) is 10.5 Å². The number of sulfonamides is 1. The van der Waals surface area contributed by atoms with Crippen molar-refractivity contribution in [3.05, 3.63) is 34.8 Å². The fraction of sp³-hybridized carbons (Fsp3) is 0. The Bertz CT molecular complexity index is 738. The van der Waals surface area contributed by atoms with Crippen molar-refractivity contribution in [2.24, 2.45) is 5.14 Å². The van der Waals surface area contributed by atoms with Gasteiger partial charge in [-0.1, -0.05) is 4.49 Å². The van der Waals surface area contributed by atoms with Crippen LogP contribution in [-0.2, 0) is 10.0 Å². The first kappa shape index (κ1) is 14.4. The number of nitrogens with one attached hydrogen (secondary N) is 1. The zero-order chi connectivity index (χ0) is 14.9. The second-order valence-corrected chi connectivity index (χ2v) is 5.72. The normalized spacial score (nSPS) is 11.3. The molecule has 1 amide bonds. The maximum absolute atomic E-state index is 13.6. The lowest BCUT2D eigenvalue weighted by atomic mass is 10.2. The van der Waals surface area contributed by atoms with Crippen LogP contribution in [0.4, 0.5) is 14.5 Å². The number of halogens is 2. The molecule has 0 bridgehead atoms. The summed E-state index contributed by atoms with van der Waals surface area (Å²) in [4.78, 5) is 10.8. The predicted molar refractivity (Wildman–Crippen MR) is 65.6 cm³/mol. The number of hydrogen-bond acceptors (Lipinski definition) is 6. The number of anilines is 1. The van der Waals surface area contributed by atoms with Crippen LogP contribution in [0.2, 0.25) is 0 Å². The highest BCUT2D eigenvalue weighted by Crippen LogP contribution is 2.23. The van der Waals surface area contributed by atoms with Gasteiger partial charge in [-0.15, -0.1) is 5.10 Å². The third kappa shape index (κ3) is 2.95. The average Bonchev–Trinajstić information content (AvgIpc) is 2.85. The minimum absolute atomic E-state index is 0.121. The minimum atomic E-state index is -4.25. The predicted octanol–water partition coefficient (Wildman–Crippen LogP) is 0.716.